The maximum Gasteiger partial charge on any atom is 0.407 e. The van der Waals surface area contributed by atoms with Crippen molar-refractivity contribution in [2.24, 2.45) is 0 Å². The summed E-state index contributed by atoms with van der Waals surface area (Å²) < 4.78 is 33.5. The first-order valence-electron chi connectivity index (χ1n) is 12.1. The first-order chi connectivity index (χ1) is 17.8. The molecule has 1 aromatic carbocycles. The summed E-state index contributed by atoms with van der Waals surface area (Å²) in [5.41, 5.74) is 0.613. The van der Waals surface area contributed by atoms with Crippen LogP contribution in [0.3, 0.4) is 0 Å². The van der Waals surface area contributed by atoms with Crippen LogP contribution >= 0.6 is 11.3 Å². The van der Waals surface area contributed by atoms with Crippen molar-refractivity contribution in [3.8, 4) is 6.07 Å². The van der Waals surface area contributed by atoms with Gasteiger partial charge in [0.1, 0.15) is 15.8 Å². The zero-order valence-electron chi connectivity index (χ0n) is 21.6. The van der Waals surface area contributed by atoms with Crippen molar-refractivity contribution < 1.29 is 17.9 Å². The summed E-state index contributed by atoms with van der Waals surface area (Å²) in [7, 11) is -3.60. The first kappa shape index (κ1) is 27.4. The molecule has 2 aromatic heterocycles. The van der Waals surface area contributed by atoms with E-state index in [1.807, 2.05) is 4.90 Å². The van der Waals surface area contributed by atoms with Gasteiger partial charge in [0.25, 0.3) is 5.56 Å². The maximum atomic E-state index is 13.7. The van der Waals surface area contributed by atoms with Crippen LogP contribution in [0.15, 0.2) is 34.4 Å². The predicted molar refractivity (Wildman–Crippen MR) is 147 cm³/mol. The van der Waals surface area contributed by atoms with E-state index < -0.39 is 21.7 Å². The third-order valence-electron chi connectivity index (χ3n) is 5.84. The summed E-state index contributed by atoms with van der Waals surface area (Å²) in [6.45, 7) is 6.42. The molecule has 1 unspecified atom stereocenters. The Morgan fingerprint density at radius 2 is 2.05 bits per heavy atom. The van der Waals surface area contributed by atoms with Crippen LogP contribution in [-0.2, 0) is 21.3 Å². The van der Waals surface area contributed by atoms with Gasteiger partial charge in [0.15, 0.2) is 0 Å². The minimum atomic E-state index is -3.60. The third-order valence-corrected chi connectivity index (χ3v) is 7.39. The van der Waals surface area contributed by atoms with Crippen LogP contribution in [0, 0.1) is 11.3 Å². The molecule has 0 aliphatic carbocycles. The van der Waals surface area contributed by atoms with Crippen molar-refractivity contribution in [2.75, 3.05) is 29.0 Å². The minimum Gasteiger partial charge on any atom is -0.444 e. The molecule has 1 saturated heterocycles. The number of rotatable bonds is 6. The largest absolute Gasteiger partial charge is 0.444 e. The molecular weight excluding hydrogens is 528 g/mol. The lowest BCUT2D eigenvalue weighted by Gasteiger charge is -2.35. The summed E-state index contributed by atoms with van der Waals surface area (Å²) >= 11 is 1.11. The van der Waals surface area contributed by atoms with Crippen LogP contribution in [0.25, 0.3) is 10.2 Å². The Bertz CT molecular complexity index is 1570. The fourth-order valence-corrected chi connectivity index (χ4v) is 5.85. The predicted octanol–water partition coefficient (Wildman–Crippen LogP) is 3.24. The standard InChI is InChI=1S/C25H30N6O5S2/c1-25(2,3)36-24(33)27-18-10-7-11-30(14-18)23-28-20-19(29-38(4,34)35)15-37-21(20)22(32)31(23)13-17-9-6-5-8-16(17)12-26/h5-6,8-9,15,18,29H,7,10-11,13-14H2,1-4H3,(H,27,33). The molecule has 0 saturated carbocycles. The number of alkyl carbamates (subject to hydrolysis) is 1. The summed E-state index contributed by atoms with van der Waals surface area (Å²) in [6, 6.07) is 8.94. The van der Waals surface area contributed by atoms with Crippen LogP contribution in [-0.4, -0.2) is 55.1 Å². The van der Waals surface area contributed by atoms with Gasteiger partial charge in [0, 0.05) is 24.5 Å². The third kappa shape index (κ3) is 6.43. The number of fused-ring (bicyclic) bond motifs is 1. The number of nitrogens with one attached hydrogen (secondary N) is 2. The van der Waals surface area contributed by atoms with E-state index in [-0.39, 0.29) is 29.3 Å². The number of anilines is 2. The maximum absolute atomic E-state index is 13.7. The van der Waals surface area contributed by atoms with Gasteiger partial charge in [-0.1, -0.05) is 18.2 Å². The van der Waals surface area contributed by atoms with E-state index in [0.717, 1.165) is 30.4 Å². The minimum absolute atomic E-state index is 0.105. The van der Waals surface area contributed by atoms with E-state index in [0.29, 0.717) is 34.9 Å². The summed E-state index contributed by atoms with van der Waals surface area (Å²) in [5, 5.41) is 14.0. The molecular formula is C25H30N6O5S2. The quantitative estimate of drug-likeness (QED) is 0.469. The highest BCUT2D eigenvalue weighted by atomic mass is 32.2. The molecule has 202 valence electrons. The van der Waals surface area contributed by atoms with E-state index in [2.05, 4.69) is 16.1 Å². The summed E-state index contributed by atoms with van der Waals surface area (Å²) in [6.07, 6.45) is 1.96. The van der Waals surface area contributed by atoms with E-state index in [4.69, 9.17) is 9.72 Å². The molecule has 1 aliphatic heterocycles. The zero-order chi connectivity index (χ0) is 27.7. The van der Waals surface area contributed by atoms with Gasteiger partial charge >= 0.3 is 6.09 Å². The second-order valence-corrected chi connectivity index (χ2v) is 12.8. The number of thiophene rings is 1. The number of hydrogen-bond acceptors (Lipinski definition) is 9. The summed E-state index contributed by atoms with van der Waals surface area (Å²) in [5.74, 6) is 0.334. The number of carbonyl (C=O) groups is 1. The van der Waals surface area contributed by atoms with Gasteiger partial charge in [-0.05, 0) is 45.2 Å². The lowest BCUT2D eigenvalue weighted by molar-refractivity contribution is 0.0499. The molecule has 1 atom stereocenters. The van der Waals surface area contributed by atoms with E-state index in [1.165, 1.54) is 4.57 Å². The molecule has 4 rings (SSSR count). The van der Waals surface area contributed by atoms with Gasteiger partial charge in [0.05, 0.1) is 30.1 Å². The molecule has 1 aliphatic rings. The first-order valence-corrected chi connectivity index (χ1v) is 14.8. The van der Waals surface area contributed by atoms with Gasteiger partial charge in [-0.3, -0.25) is 14.1 Å². The number of ether oxygens (including phenoxy) is 1. The van der Waals surface area contributed by atoms with E-state index in [9.17, 15) is 23.3 Å². The fraction of sp³-hybridized carbons (Fsp3) is 0.440. The number of piperidine rings is 1. The van der Waals surface area contributed by atoms with Crippen molar-refractivity contribution in [3.63, 3.8) is 0 Å². The normalized spacial score (nSPS) is 16.2. The Balaban J connectivity index is 1.77. The van der Waals surface area contributed by atoms with Crippen molar-refractivity contribution >= 4 is 49.3 Å². The van der Waals surface area contributed by atoms with Gasteiger partial charge in [-0.15, -0.1) is 11.3 Å². The number of nitrogens with zero attached hydrogens (tertiary/aromatic N) is 4. The van der Waals surface area contributed by atoms with Gasteiger partial charge in [0.2, 0.25) is 16.0 Å². The second-order valence-electron chi connectivity index (χ2n) is 10.2. The molecule has 0 radical (unpaired) electrons. The highest BCUT2D eigenvalue weighted by Gasteiger charge is 2.28. The Labute approximate surface area is 225 Å². The second kappa shape index (κ2) is 10.6. The molecule has 38 heavy (non-hydrogen) atoms. The van der Waals surface area contributed by atoms with Crippen LogP contribution in [0.5, 0.6) is 0 Å². The molecule has 3 aromatic rings. The molecule has 13 heteroatoms. The number of hydrogen-bond donors (Lipinski definition) is 2. The zero-order valence-corrected chi connectivity index (χ0v) is 23.3. The monoisotopic (exact) mass is 558 g/mol. The molecule has 1 amide bonds. The highest BCUT2D eigenvalue weighted by molar-refractivity contribution is 7.92. The molecule has 1 fully saturated rings. The summed E-state index contributed by atoms with van der Waals surface area (Å²) in [4.78, 5) is 32.8. The van der Waals surface area contributed by atoms with Crippen LogP contribution < -0.4 is 20.5 Å². The molecule has 2 N–H and O–H groups in total. The van der Waals surface area contributed by atoms with Gasteiger partial charge in [-0.2, -0.15) is 5.26 Å². The topological polar surface area (TPSA) is 146 Å². The lowest BCUT2D eigenvalue weighted by atomic mass is 10.1. The average molecular weight is 559 g/mol. The van der Waals surface area contributed by atoms with Crippen molar-refractivity contribution in [1.82, 2.24) is 14.9 Å². The number of aromatic nitrogens is 2. The molecule has 0 spiro atoms. The van der Waals surface area contributed by atoms with Gasteiger partial charge in [-0.25, -0.2) is 18.2 Å². The van der Waals surface area contributed by atoms with Gasteiger partial charge < -0.3 is 15.0 Å². The van der Waals surface area contributed by atoms with Crippen molar-refractivity contribution in [3.05, 3.63) is 51.1 Å². The van der Waals surface area contributed by atoms with Crippen LogP contribution in [0.1, 0.15) is 44.7 Å². The van der Waals surface area contributed by atoms with E-state index >= 15 is 0 Å². The van der Waals surface area contributed by atoms with Crippen LogP contribution in [0.4, 0.5) is 16.4 Å². The Morgan fingerprint density at radius 1 is 1.32 bits per heavy atom. The lowest BCUT2D eigenvalue weighted by Crippen LogP contribution is -2.50. The number of sulfonamides is 1. The fourth-order valence-electron chi connectivity index (χ4n) is 4.33. The number of carbonyl (C=O) groups excluding carboxylic acids is 1. The molecule has 0 bridgehead atoms. The number of amides is 1. The molecule has 11 nitrogen and oxygen atoms in total. The van der Waals surface area contributed by atoms with E-state index in [1.54, 1.807) is 50.4 Å². The Morgan fingerprint density at radius 3 is 2.74 bits per heavy atom. The Hall–Kier alpha value is -3.63. The van der Waals surface area contributed by atoms with Crippen LogP contribution in [0.2, 0.25) is 0 Å². The molecule has 3 heterocycles. The highest BCUT2D eigenvalue weighted by Crippen LogP contribution is 2.30. The number of benzene rings is 1. The number of nitriles is 1. The van der Waals surface area contributed by atoms with Crippen molar-refractivity contribution in [1.29, 1.82) is 5.26 Å². The van der Waals surface area contributed by atoms with Crippen molar-refractivity contribution in [2.45, 2.75) is 51.8 Å². The SMILES string of the molecule is CC(C)(C)OC(=O)NC1CCCN(c2nc3c(NS(C)(=O)=O)csc3c(=O)n2Cc2ccccc2C#N)C1. The Kier molecular flexibility index (Phi) is 7.66. The smallest absolute Gasteiger partial charge is 0.407 e. The average Bonchev–Trinajstić information content (AvgIpc) is 3.21.